The molecular formula is C22H18N6O13S4. The largest absolute Gasteiger partial charge is 0.505 e. The maximum atomic E-state index is 12.3. The van der Waals surface area contributed by atoms with Crippen LogP contribution in [0.2, 0.25) is 0 Å². The van der Waals surface area contributed by atoms with Crippen molar-refractivity contribution in [3.8, 4) is 5.75 Å². The molecule has 0 fully saturated rings. The number of nitrogens with two attached hydrogens (primary N) is 2. The van der Waals surface area contributed by atoms with Gasteiger partial charge in [0.1, 0.15) is 36.6 Å². The molecule has 4 aromatic carbocycles. The van der Waals surface area contributed by atoms with Crippen molar-refractivity contribution in [2.24, 2.45) is 20.5 Å². The number of azo groups is 2. The second-order valence-electron chi connectivity index (χ2n) is 8.77. The van der Waals surface area contributed by atoms with Crippen LogP contribution in [-0.4, -0.2) is 57.0 Å². The van der Waals surface area contributed by atoms with Crippen LogP contribution in [0.4, 0.5) is 34.1 Å². The van der Waals surface area contributed by atoms with E-state index < -0.39 is 105 Å². The van der Waals surface area contributed by atoms with Crippen molar-refractivity contribution in [2.45, 2.75) is 19.6 Å². The quantitative estimate of drug-likeness (QED) is 0.0784. The van der Waals surface area contributed by atoms with E-state index in [9.17, 15) is 57.0 Å². The maximum absolute atomic E-state index is 12.3. The Labute approximate surface area is 253 Å². The topological polar surface area (TPSA) is 339 Å². The van der Waals surface area contributed by atoms with Crippen LogP contribution in [0.25, 0.3) is 10.8 Å². The molecule has 23 heteroatoms. The van der Waals surface area contributed by atoms with Gasteiger partial charge in [0.2, 0.25) is 0 Å². The fourth-order valence-corrected chi connectivity index (χ4v) is 7.19. The summed E-state index contributed by atoms with van der Waals surface area (Å²) >= 11 is 0. The van der Waals surface area contributed by atoms with Crippen LogP contribution in [0.1, 0.15) is 0 Å². The van der Waals surface area contributed by atoms with Crippen LogP contribution in [-0.2, 0) is 40.5 Å². The second kappa shape index (κ2) is 11.4. The Morgan fingerprint density at radius 2 is 1.07 bits per heavy atom. The van der Waals surface area contributed by atoms with E-state index in [-0.39, 0.29) is 5.69 Å². The van der Waals surface area contributed by atoms with E-state index in [1.165, 1.54) is 12.1 Å². The van der Waals surface area contributed by atoms with Crippen LogP contribution < -0.4 is 11.5 Å². The van der Waals surface area contributed by atoms with E-state index in [2.05, 4.69) is 20.5 Å². The smallest absolute Gasteiger partial charge is 0.298 e. The number of phenols is 1. The lowest BCUT2D eigenvalue weighted by atomic mass is 10.1. The molecule has 0 amide bonds. The van der Waals surface area contributed by atoms with Crippen molar-refractivity contribution in [1.82, 2.24) is 0 Å². The molecule has 0 bridgehead atoms. The number of phenolic OH excluding ortho intramolecular Hbond substituents is 1. The first kappa shape index (κ1) is 33.3. The van der Waals surface area contributed by atoms with E-state index in [4.69, 9.17) is 11.5 Å². The molecule has 0 aliphatic carbocycles. The number of hydrogen-bond donors (Lipinski definition) is 7. The predicted molar refractivity (Wildman–Crippen MR) is 155 cm³/mol. The summed E-state index contributed by atoms with van der Waals surface area (Å²) in [6.07, 6.45) is 0. The highest BCUT2D eigenvalue weighted by atomic mass is 32.2. The summed E-state index contributed by atoms with van der Waals surface area (Å²) in [7, 11) is -21.1. The monoisotopic (exact) mass is 702 g/mol. The van der Waals surface area contributed by atoms with Crippen LogP contribution in [0, 0.1) is 0 Å². The van der Waals surface area contributed by atoms with Gasteiger partial charge in [-0.2, -0.15) is 38.8 Å². The summed E-state index contributed by atoms with van der Waals surface area (Å²) in [5.41, 5.74) is 7.56. The number of anilines is 2. The van der Waals surface area contributed by atoms with Gasteiger partial charge in [-0.05, 0) is 41.8 Å². The summed E-state index contributed by atoms with van der Waals surface area (Å²) < 4.78 is 134. The van der Waals surface area contributed by atoms with Crippen molar-refractivity contribution >= 4 is 85.4 Å². The van der Waals surface area contributed by atoms with Crippen LogP contribution in [0.3, 0.4) is 0 Å². The highest BCUT2D eigenvalue weighted by molar-refractivity contribution is 7.89. The summed E-state index contributed by atoms with van der Waals surface area (Å²) in [5.74, 6) is -1.05. The number of rotatable bonds is 8. The number of aromatic hydroxyl groups is 1. The Balaban J connectivity index is 2.05. The van der Waals surface area contributed by atoms with Crippen LogP contribution in [0.15, 0.2) is 94.6 Å². The molecule has 0 saturated carbocycles. The summed E-state index contributed by atoms with van der Waals surface area (Å²) in [5, 5.41) is 24.6. The van der Waals surface area contributed by atoms with E-state index >= 15 is 0 Å². The van der Waals surface area contributed by atoms with E-state index in [1.54, 1.807) is 18.2 Å². The number of fused-ring (bicyclic) bond motifs is 1. The zero-order valence-corrected chi connectivity index (χ0v) is 25.0. The molecule has 0 radical (unpaired) electrons. The van der Waals surface area contributed by atoms with Crippen molar-refractivity contribution in [2.75, 3.05) is 11.5 Å². The van der Waals surface area contributed by atoms with Gasteiger partial charge in [0.05, 0.1) is 22.4 Å². The number of benzene rings is 4. The molecule has 9 N–H and O–H groups in total. The first-order valence-corrected chi connectivity index (χ1v) is 17.2. The molecule has 0 spiro atoms. The molecule has 0 saturated heterocycles. The highest BCUT2D eigenvalue weighted by Gasteiger charge is 2.30. The average molecular weight is 703 g/mol. The van der Waals surface area contributed by atoms with Gasteiger partial charge in [-0.3, -0.25) is 18.2 Å². The molecule has 45 heavy (non-hydrogen) atoms. The zero-order valence-electron chi connectivity index (χ0n) is 21.8. The Morgan fingerprint density at radius 1 is 0.556 bits per heavy atom. The third kappa shape index (κ3) is 6.74. The third-order valence-corrected chi connectivity index (χ3v) is 9.54. The van der Waals surface area contributed by atoms with Crippen molar-refractivity contribution in [3.63, 3.8) is 0 Å². The summed E-state index contributed by atoms with van der Waals surface area (Å²) in [6.45, 7) is 0. The third-order valence-electron chi connectivity index (χ3n) is 5.82. The van der Waals surface area contributed by atoms with E-state index in [0.29, 0.717) is 24.3 Å². The van der Waals surface area contributed by atoms with E-state index in [1.807, 2.05) is 0 Å². The first-order chi connectivity index (χ1) is 20.6. The molecule has 0 aliphatic rings. The van der Waals surface area contributed by atoms with Gasteiger partial charge in [-0.1, -0.05) is 18.2 Å². The Morgan fingerprint density at radius 3 is 1.58 bits per heavy atom. The molecule has 0 heterocycles. The molecular weight excluding hydrogens is 685 g/mol. The normalized spacial score (nSPS) is 13.2. The molecule has 19 nitrogen and oxygen atoms in total. The molecule has 4 aromatic rings. The van der Waals surface area contributed by atoms with Gasteiger partial charge in [0, 0.05) is 0 Å². The minimum Gasteiger partial charge on any atom is -0.505 e. The summed E-state index contributed by atoms with van der Waals surface area (Å²) in [6, 6.07) is 10.1. The minimum atomic E-state index is -5.42. The van der Waals surface area contributed by atoms with Gasteiger partial charge in [-0.15, -0.1) is 15.3 Å². The SMILES string of the molecule is Nc1c(N=Nc2c(S(=O)(=O)O)cc3cc(S(=O)(=O)O)c(N=Nc4ccccc4)c(O)c3c2N)ccc(S(=O)(=O)O)c1S(=O)(=O)O. The van der Waals surface area contributed by atoms with Crippen LogP contribution in [0.5, 0.6) is 5.75 Å². The van der Waals surface area contributed by atoms with Gasteiger partial charge in [0.15, 0.2) is 5.75 Å². The van der Waals surface area contributed by atoms with Crippen molar-refractivity contribution in [3.05, 3.63) is 54.6 Å². The lowest BCUT2D eigenvalue weighted by Gasteiger charge is -2.14. The average Bonchev–Trinajstić information content (AvgIpc) is 2.90. The number of nitrogens with zero attached hydrogens (tertiary/aromatic N) is 4. The second-order valence-corrected chi connectivity index (χ2v) is 14.3. The first-order valence-electron chi connectivity index (χ1n) is 11.5. The molecule has 0 aromatic heterocycles. The lowest BCUT2D eigenvalue weighted by molar-refractivity contribution is 0.467. The van der Waals surface area contributed by atoms with Gasteiger partial charge in [-0.25, -0.2) is 0 Å². The zero-order chi connectivity index (χ0) is 33.7. The molecule has 0 unspecified atom stereocenters. The van der Waals surface area contributed by atoms with Crippen molar-refractivity contribution in [1.29, 1.82) is 0 Å². The molecule has 0 atom stereocenters. The number of nitrogen functional groups attached to an aromatic ring is 2. The molecule has 0 aliphatic heterocycles. The van der Waals surface area contributed by atoms with Gasteiger partial charge in [0.25, 0.3) is 40.5 Å². The Kier molecular flexibility index (Phi) is 8.42. The molecule has 4 rings (SSSR count). The fourth-order valence-electron chi connectivity index (χ4n) is 3.94. The Hall–Kier alpha value is -4.62. The number of hydrogen-bond acceptors (Lipinski definition) is 15. The summed E-state index contributed by atoms with van der Waals surface area (Å²) in [4.78, 5) is -5.00. The predicted octanol–water partition coefficient (Wildman–Crippen LogP) is 3.53. The van der Waals surface area contributed by atoms with Crippen LogP contribution >= 0.6 is 0 Å². The standard InChI is InChI=1S/C22H18N6O13S4/c23-17-12(6-7-13(42(30,31)32)22(17)45(39,40)41)26-27-19-14(43(33,34)35)8-10-9-15(44(36,37)38)20(21(29)16(10)18(19)24)28-25-11-4-2-1-3-5-11/h1-9,29H,23-24H2,(H,30,31,32)(H,33,34,35)(H,36,37,38)(H,39,40,41). The minimum absolute atomic E-state index is 0.185. The van der Waals surface area contributed by atoms with Crippen molar-refractivity contribution < 1.29 is 57.0 Å². The van der Waals surface area contributed by atoms with E-state index in [0.717, 1.165) is 0 Å². The lowest BCUT2D eigenvalue weighted by Crippen LogP contribution is -2.11. The van der Waals surface area contributed by atoms with Gasteiger partial charge >= 0.3 is 0 Å². The highest BCUT2D eigenvalue weighted by Crippen LogP contribution is 2.48. The van der Waals surface area contributed by atoms with Gasteiger partial charge < -0.3 is 16.6 Å². The Bertz CT molecular complexity index is 2400. The molecule has 238 valence electrons. The fraction of sp³-hybridized carbons (Fsp3) is 0. The maximum Gasteiger partial charge on any atom is 0.298 e.